The molecule has 10 atom stereocenters. The van der Waals surface area contributed by atoms with E-state index in [-0.39, 0.29) is 0 Å². The molecule has 0 radical (unpaired) electrons. The molecule has 2 fully saturated rings. The number of hydrogen-bond acceptors (Lipinski definition) is 18. The molecule has 0 bridgehead atoms. The predicted molar refractivity (Wildman–Crippen MR) is 135 cm³/mol. The van der Waals surface area contributed by atoms with E-state index in [2.05, 4.69) is 0 Å². The van der Waals surface area contributed by atoms with Crippen molar-refractivity contribution < 1.29 is 86.0 Å². The molecule has 0 unspecified atom stereocenters. The molecule has 0 amide bonds. The average Bonchev–Trinajstić information content (AvgIpc) is 2.87. The van der Waals surface area contributed by atoms with Gasteiger partial charge in [0.1, 0.15) is 31.5 Å². The molecule has 0 spiro atoms. The lowest BCUT2D eigenvalue weighted by Gasteiger charge is -2.48. The molecule has 248 valence electrons. The van der Waals surface area contributed by atoms with Gasteiger partial charge in [0.15, 0.2) is 43.1 Å². The van der Waals surface area contributed by atoms with Crippen LogP contribution in [0.4, 0.5) is 0 Å². The number of rotatable bonds is 11. The zero-order valence-electron chi connectivity index (χ0n) is 25.1. The number of aliphatic hydroxyl groups is 1. The van der Waals surface area contributed by atoms with E-state index in [0.29, 0.717) is 0 Å². The monoisotopic (exact) mass is 636 g/mol. The molecule has 2 aliphatic heterocycles. The standard InChI is InChI=1S/C26H36O18/c1-10(27)35-8-17-20(21(38-13(4)30)23(25(34)42-17)40-15(6)32)44-26-24(41-16(7)33)22(39-14(5)31)19(37-12(3)29)18(43-26)9-36-11(2)28/h17-26,34H,8-9H2,1-7H3/t17-,18-,19-,20-,21+,22+,23-,24+,25+,26+/m1/s1. The Labute approximate surface area is 251 Å². The summed E-state index contributed by atoms with van der Waals surface area (Å²) >= 11 is 0. The number of ether oxygens (including phenoxy) is 10. The number of hydrogen-bond donors (Lipinski definition) is 1. The molecular formula is C26H36O18. The van der Waals surface area contributed by atoms with Gasteiger partial charge in [-0.3, -0.25) is 33.6 Å². The van der Waals surface area contributed by atoms with E-state index < -0.39 is 116 Å². The van der Waals surface area contributed by atoms with Gasteiger partial charge >= 0.3 is 41.8 Å². The Balaban J connectivity index is 2.66. The number of carbonyl (C=O) groups is 7. The van der Waals surface area contributed by atoms with E-state index in [4.69, 9.17) is 47.4 Å². The minimum Gasteiger partial charge on any atom is -0.463 e. The number of esters is 7. The van der Waals surface area contributed by atoms with Crippen molar-refractivity contribution in [3.63, 3.8) is 0 Å². The lowest BCUT2D eigenvalue weighted by Crippen LogP contribution is -2.67. The van der Waals surface area contributed by atoms with Crippen LogP contribution in [0.1, 0.15) is 48.5 Å². The van der Waals surface area contributed by atoms with Gasteiger partial charge in [0, 0.05) is 48.5 Å². The highest BCUT2D eigenvalue weighted by Gasteiger charge is 2.57. The van der Waals surface area contributed by atoms with Crippen molar-refractivity contribution in [2.45, 2.75) is 110 Å². The van der Waals surface area contributed by atoms with Gasteiger partial charge in [-0.2, -0.15) is 0 Å². The van der Waals surface area contributed by atoms with Gasteiger partial charge in [0.2, 0.25) is 0 Å². The lowest BCUT2D eigenvalue weighted by atomic mass is 9.96. The van der Waals surface area contributed by atoms with E-state index in [1.807, 2.05) is 0 Å². The van der Waals surface area contributed by atoms with Crippen LogP contribution in [0.5, 0.6) is 0 Å². The molecule has 0 aliphatic carbocycles. The van der Waals surface area contributed by atoms with Crippen molar-refractivity contribution >= 4 is 41.8 Å². The molecule has 18 heteroatoms. The summed E-state index contributed by atoms with van der Waals surface area (Å²) in [5.41, 5.74) is 0. The van der Waals surface area contributed by atoms with Crippen LogP contribution in [0.2, 0.25) is 0 Å². The van der Waals surface area contributed by atoms with Crippen molar-refractivity contribution in [1.82, 2.24) is 0 Å². The van der Waals surface area contributed by atoms with Crippen LogP contribution in [0.25, 0.3) is 0 Å². The topological polar surface area (TPSA) is 232 Å². The van der Waals surface area contributed by atoms with Gasteiger partial charge < -0.3 is 52.5 Å². The molecule has 2 aliphatic rings. The highest BCUT2D eigenvalue weighted by atomic mass is 16.8. The van der Waals surface area contributed by atoms with Crippen LogP contribution in [0, 0.1) is 0 Å². The second-order valence-corrected chi connectivity index (χ2v) is 9.68. The van der Waals surface area contributed by atoms with E-state index in [1.54, 1.807) is 0 Å². The van der Waals surface area contributed by atoms with Crippen LogP contribution < -0.4 is 0 Å². The summed E-state index contributed by atoms with van der Waals surface area (Å²) in [6, 6.07) is 0. The largest absolute Gasteiger partial charge is 0.463 e. The van der Waals surface area contributed by atoms with Crippen LogP contribution in [-0.4, -0.2) is 122 Å². The second-order valence-electron chi connectivity index (χ2n) is 9.68. The third kappa shape index (κ3) is 10.7. The molecule has 0 aromatic rings. The second kappa shape index (κ2) is 16.3. The Hall–Kier alpha value is -3.87. The highest BCUT2D eigenvalue weighted by molar-refractivity contribution is 5.69. The zero-order valence-corrected chi connectivity index (χ0v) is 25.1. The van der Waals surface area contributed by atoms with Crippen LogP contribution >= 0.6 is 0 Å². The Morgan fingerprint density at radius 3 is 1.27 bits per heavy atom. The molecule has 2 saturated heterocycles. The lowest BCUT2D eigenvalue weighted by molar-refractivity contribution is -0.357. The summed E-state index contributed by atoms with van der Waals surface area (Å²) in [5, 5.41) is 10.6. The zero-order chi connectivity index (χ0) is 33.3. The van der Waals surface area contributed by atoms with E-state index in [1.165, 1.54) is 0 Å². The molecular weight excluding hydrogens is 600 g/mol. The molecule has 0 aromatic carbocycles. The van der Waals surface area contributed by atoms with Crippen LogP contribution in [0.3, 0.4) is 0 Å². The van der Waals surface area contributed by atoms with Crippen molar-refractivity contribution in [3.8, 4) is 0 Å². The Kier molecular flexibility index (Phi) is 13.4. The van der Waals surface area contributed by atoms with Gasteiger partial charge in [-0.1, -0.05) is 0 Å². The number of carbonyl (C=O) groups excluding carboxylic acids is 7. The average molecular weight is 637 g/mol. The van der Waals surface area contributed by atoms with Crippen molar-refractivity contribution in [1.29, 1.82) is 0 Å². The number of aliphatic hydroxyl groups excluding tert-OH is 1. The minimum absolute atomic E-state index is 0.572. The molecule has 1 N–H and O–H groups in total. The fourth-order valence-corrected chi connectivity index (χ4v) is 4.49. The maximum absolute atomic E-state index is 12.2. The minimum atomic E-state index is -1.90. The van der Waals surface area contributed by atoms with E-state index in [0.717, 1.165) is 48.5 Å². The predicted octanol–water partition coefficient (Wildman–Crippen LogP) is -1.40. The third-order valence-electron chi connectivity index (χ3n) is 5.90. The van der Waals surface area contributed by atoms with E-state index >= 15 is 0 Å². The first-order valence-corrected chi connectivity index (χ1v) is 13.3. The summed E-state index contributed by atoms with van der Waals surface area (Å²) in [5.74, 6) is -6.03. The first-order chi connectivity index (χ1) is 20.5. The summed E-state index contributed by atoms with van der Waals surface area (Å²) in [6.07, 6.45) is -16.3. The fourth-order valence-electron chi connectivity index (χ4n) is 4.49. The molecule has 2 heterocycles. The molecule has 2 rings (SSSR count). The quantitative estimate of drug-likeness (QED) is 0.203. The van der Waals surface area contributed by atoms with Crippen molar-refractivity contribution in [3.05, 3.63) is 0 Å². The third-order valence-corrected chi connectivity index (χ3v) is 5.90. The Bertz CT molecular complexity index is 1090. The Morgan fingerprint density at radius 2 is 0.841 bits per heavy atom. The van der Waals surface area contributed by atoms with Crippen LogP contribution in [0.15, 0.2) is 0 Å². The molecule has 18 nitrogen and oxygen atoms in total. The fraction of sp³-hybridized carbons (Fsp3) is 0.731. The summed E-state index contributed by atoms with van der Waals surface area (Å²) < 4.78 is 54.1. The summed E-state index contributed by atoms with van der Waals surface area (Å²) in [7, 11) is 0. The van der Waals surface area contributed by atoms with E-state index in [9.17, 15) is 38.7 Å². The molecule has 0 aromatic heterocycles. The normalized spacial score (nSPS) is 31.5. The van der Waals surface area contributed by atoms with Crippen molar-refractivity contribution in [2.75, 3.05) is 13.2 Å². The van der Waals surface area contributed by atoms with Gasteiger partial charge in [-0.05, 0) is 0 Å². The maximum atomic E-state index is 12.2. The highest BCUT2D eigenvalue weighted by Crippen LogP contribution is 2.34. The summed E-state index contributed by atoms with van der Waals surface area (Å²) in [4.78, 5) is 83.5. The Morgan fingerprint density at radius 1 is 0.477 bits per heavy atom. The summed E-state index contributed by atoms with van der Waals surface area (Å²) in [6.45, 7) is 6.11. The first kappa shape index (κ1) is 36.3. The molecule has 0 saturated carbocycles. The van der Waals surface area contributed by atoms with Gasteiger partial charge in [-0.25, -0.2) is 0 Å². The van der Waals surface area contributed by atoms with Gasteiger partial charge in [-0.15, -0.1) is 0 Å². The SMILES string of the molecule is CC(=O)OC[C@H]1O[C@@H](O[C@H]2[C@H](OC(C)=O)[C@@H](OC(C)=O)[C@@H](O)O[C@@H]2COC(C)=O)[C@@H](OC(C)=O)[C@@H](OC(C)=O)[C@@H]1OC(C)=O. The van der Waals surface area contributed by atoms with Gasteiger partial charge in [0.25, 0.3) is 0 Å². The maximum Gasteiger partial charge on any atom is 0.303 e. The first-order valence-electron chi connectivity index (χ1n) is 13.3. The van der Waals surface area contributed by atoms with Crippen molar-refractivity contribution in [2.24, 2.45) is 0 Å². The molecule has 44 heavy (non-hydrogen) atoms. The smallest absolute Gasteiger partial charge is 0.303 e. The van der Waals surface area contributed by atoms with Crippen LogP contribution in [-0.2, 0) is 80.9 Å². The van der Waals surface area contributed by atoms with Gasteiger partial charge in [0.05, 0.1) is 0 Å².